The standard InChI is InChI=1S/C18H31NO/c1-7-12-20-17-11-9-8-10-15(17)16(19-6)13-14(2)18(3,4)5/h8-11,14,16,19H,7,12-13H2,1-6H3. The third-order valence-corrected chi connectivity index (χ3v) is 4.17. The lowest BCUT2D eigenvalue weighted by atomic mass is 9.77. The summed E-state index contributed by atoms with van der Waals surface area (Å²) in [6.07, 6.45) is 2.16. The number of nitrogens with one attached hydrogen (secondary N) is 1. The zero-order valence-electron chi connectivity index (χ0n) is 14.0. The maximum Gasteiger partial charge on any atom is 0.124 e. The zero-order chi connectivity index (χ0) is 15.2. The Kier molecular flexibility index (Phi) is 6.54. The Morgan fingerprint density at radius 3 is 2.40 bits per heavy atom. The fourth-order valence-corrected chi connectivity index (χ4v) is 2.22. The Morgan fingerprint density at radius 2 is 1.85 bits per heavy atom. The van der Waals surface area contributed by atoms with Crippen molar-refractivity contribution in [2.75, 3.05) is 13.7 Å². The first-order valence-corrected chi connectivity index (χ1v) is 7.79. The van der Waals surface area contributed by atoms with E-state index in [0.717, 1.165) is 25.2 Å². The summed E-state index contributed by atoms with van der Waals surface area (Å²) in [5, 5.41) is 3.46. The Hall–Kier alpha value is -1.02. The predicted molar refractivity (Wildman–Crippen MR) is 87.3 cm³/mol. The summed E-state index contributed by atoms with van der Waals surface area (Å²) >= 11 is 0. The maximum atomic E-state index is 5.90. The normalized spacial score (nSPS) is 14.9. The molecule has 0 heterocycles. The SMILES string of the molecule is CCCOc1ccccc1C(CC(C)C(C)(C)C)NC. The van der Waals surface area contributed by atoms with E-state index in [1.54, 1.807) is 0 Å². The van der Waals surface area contributed by atoms with Crippen LogP contribution in [0.4, 0.5) is 0 Å². The van der Waals surface area contributed by atoms with Crippen LogP contribution in [-0.4, -0.2) is 13.7 Å². The lowest BCUT2D eigenvalue weighted by Gasteiger charge is -2.31. The molecule has 0 aliphatic carbocycles. The summed E-state index contributed by atoms with van der Waals surface area (Å²) in [5.41, 5.74) is 1.61. The van der Waals surface area contributed by atoms with Crippen molar-refractivity contribution in [3.05, 3.63) is 29.8 Å². The van der Waals surface area contributed by atoms with Gasteiger partial charge in [0.2, 0.25) is 0 Å². The predicted octanol–water partition coefficient (Wildman–Crippen LogP) is 4.81. The van der Waals surface area contributed by atoms with E-state index in [9.17, 15) is 0 Å². The molecule has 0 bridgehead atoms. The Bertz CT molecular complexity index is 395. The summed E-state index contributed by atoms with van der Waals surface area (Å²) < 4.78 is 5.90. The van der Waals surface area contributed by atoms with Crippen molar-refractivity contribution < 1.29 is 4.74 Å². The molecule has 0 saturated carbocycles. The number of ether oxygens (including phenoxy) is 1. The second kappa shape index (κ2) is 7.68. The van der Waals surface area contributed by atoms with E-state index in [1.165, 1.54) is 5.56 Å². The van der Waals surface area contributed by atoms with Gasteiger partial charge in [0, 0.05) is 11.6 Å². The van der Waals surface area contributed by atoms with Gasteiger partial charge in [-0.2, -0.15) is 0 Å². The smallest absolute Gasteiger partial charge is 0.124 e. The van der Waals surface area contributed by atoms with Crippen LogP contribution >= 0.6 is 0 Å². The molecule has 0 aromatic heterocycles. The molecule has 1 rings (SSSR count). The maximum absolute atomic E-state index is 5.90. The van der Waals surface area contributed by atoms with E-state index in [1.807, 2.05) is 7.05 Å². The summed E-state index contributed by atoms with van der Waals surface area (Å²) in [6, 6.07) is 8.75. The van der Waals surface area contributed by atoms with E-state index in [0.29, 0.717) is 17.4 Å². The van der Waals surface area contributed by atoms with Crippen LogP contribution < -0.4 is 10.1 Å². The lowest BCUT2D eigenvalue weighted by molar-refractivity contribution is 0.223. The largest absolute Gasteiger partial charge is 0.493 e. The zero-order valence-corrected chi connectivity index (χ0v) is 14.0. The Labute approximate surface area is 124 Å². The van der Waals surface area contributed by atoms with Gasteiger partial charge in [-0.05, 0) is 37.3 Å². The highest BCUT2D eigenvalue weighted by atomic mass is 16.5. The molecule has 20 heavy (non-hydrogen) atoms. The van der Waals surface area contributed by atoms with Gasteiger partial charge in [-0.15, -0.1) is 0 Å². The summed E-state index contributed by atoms with van der Waals surface area (Å²) in [4.78, 5) is 0. The first kappa shape index (κ1) is 17.0. The van der Waals surface area contributed by atoms with E-state index < -0.39 is 0 Å². The summed E-state index contributed by atoms with van der Waals surface area (Å²) in [5.74, 6) is 1.66. The van der Waals surface area contributed by atoms with Crippen LogP contribution in [0.25, 0.3) is 0 Å². The lowest BCUT2D eigenvalue weighted by Crippen LogP contribution is -2.25. The number of hydrogen-bond donors (Lipinski definition) is 1. The Balaban J connectivity index is 2.89. The molecule has 1 aromatic rings. The van der Waals surface area contributed by atoms with Crippen LogP contribution in [0.15, 0.2) is 24.3 Å². The highest BCUT2D eigenvalue weighted by molar-refractivity contribution is 5.36. The minimum absolute atomic E-state index is 0.328. The van der Waals surface area contributed by atoms with Crippen LogP contribution in [0.5, 0.6) is 5.75 Å². The first-order chi connectivity index (χ1) is 9.40. The molecule has 0 spiro atoms. The molecule has 2 unspecified atom stereocenters. The quantitative estimate of drug-likeness (QED) is 0.772. The van der Waals surface area contributed by atoms with Gasteiger partial charge < -0.3 is 10.1 Å². The molecule has 0 radical (unpaired) electrons. The van der Waals surface area contributed by atoms with Crippen LogP contribution in [0.3, 0.4) is 0 Å². The van der Waals surface area contributed by atoms with E-state index >= 15 is 0 Å². The average molecular weight is 277 g/mol. The molecule has 0 fully saturated rings. The van der Waals surface area contributed by atoms with Crippen molar-refractivity contribution in [2.24, 2.45) is 11.3 Å². The molecule has 1 N–H and O–H groups in total. The highest BCUT2D eigenvalue weighted by Gasteiger charge is 2.25. The minimum Gasteiger partial charge on any atom is -0.493 e. The average Bonchev–Trinajstić information content (AvgIpc) is 2.41. The molecular formula is C18H31NO. The van der Waals surface area contributed by atoms with Crippen molar-refractivity contribution in [3.8, 4) is 5.75 Å². The molecule has 0 saturated heterocycles. The van der Waals surface area contributed by atoms with Gasteiger partial charge >= 0.3 is 0 Å². The molecule has 0 aliphatic rings. The van der Waals surface area contributed by atoms with Gasteiger partial charge in [-0.1, -0.05) is 52.8 Å². The number of rotatable bonds is 7. The fourth-order valence-electron chi connectivity index (χ4n) is 2.22. The first-order valence-electron chi connectivity index (χ1n) is 7.79. The number of para-hydroxylation sites is 1. The minimum atomic E-state index is 0.328. The van der Waals surface area contributed by atoms with Crippen molar-refractivity contribution in [2.45, 2.75) is 53.5 Å². The van der Waals surface area contributed by atoms with Gasteiger partial charge in [0.25, 0.3) is 0 Å². The van der Waals surface area contributed by atoms with E-state index in [2.05, 4.69) is 64.2 Å². The van der Waals surface area contributed by atoms with Crippen LogP contribution in [0.2, 0.25) is 0 Å². The number of hydrogen-bond acceptors (Lipinski definition) is 2. The van der Waals surface area contributed by atoms with Crippen molar-refractivity contribution in [1.29, 1.82) is 0 Å². The van der Waals surface area contributed by atoms with E-state index in [4.69, 9.17) is 4.74 Å². The molecule has 2 heteroatoms. The monoisotopic (exact) mass is 277 g/mol. The van der Waals surface area contributed by atoms with Gasteiger partial charge in [-0.3, -0.25) is 0 Å². The topological polar surface area (TPSA) is 21.3 Å². The summed E-state index contributed by atoms with van der Waals surface area (Å²) in [6.45, 7) is 12.2. The van der Waals surface area contributed by atoms with Gasteiger partial charge in [0.1, 0.15) is 5.75 Å². The summed E-state index contributed by atoms with van der Waals surface area (Å²) in [7, 11) is 2.04. The van der Waals surface area contributed by atoms with Crippen LogP contribution in [0.1, 0.15) is 59.1 Å². The molecule has 1 aromatic carbocycles. The highest BCUT2D eigenvalue weighted by Crippen LogP contribution is 2.35. The fraction of sp³-hybridized carbons (Fsp3) is 0.667. The third kappa shape index (κ3) is 4.82. The van der Waals surface area contributed by atoms with Crippen LogP contribution in [-0.2, 0) is 0 Å². The van der Waals surface area contributed by atoms with Gasteiger partial charge in [0.05, 0.1) is 6.61 Å². The third-order valence-electron chi connectivity index (χ3n) is 4.17. The van der Waals surface area contributed by atoms with Crippen molar-refractivity contribution in [1.82, 2.24) is 5.32 Å². The molecular weight excluding hydrogens is 246 g/mol. The second-order valence-electron chi connectivity index (χ2n) is 6.73. The van der Waals surface area contributed by atoms with Gasteiger partial charge in [0.15, 0.2) is 0 Å². The van der Waals surface area contributed by atoms with Gasteiger partial charge in [-0.25, -0.2) is 0 Å². The van der Waals surface area contributed by atoms with Crippen molar-refractivity contribution >= 4 is 0 Å². The Morgan fingerprint density at radius 1 is 1.20 bits per heavy atom. The number of benzene rings is 1. The molecule has 0 aliphatic heterocycles. The molecule has 2 atom stereocenters. The molecule has 0 amide bonds. The van der Waals surface area contributed by atoms with Crippen LogP contribution in [0, 0.1) is 11.3 Å². The second-order valence-corrected chi connectivity index (χ2v) is 6.73. The molecule has 114 valence electrons. The van der Waals surface area contributed by atoms with Crippen molar-refractivity contribution in [3.63, 3.8) is 0 Å². The van der Waals surface area contributed by atoms with E-state index in [-0.39, 0.29) is 0 Å². The molecule has 2 nitrogen and oxygen atoms in total.